The number of nitrogens with zero attached hydrogens (tertiary/aromatic N) is 2. The lowest BCUT2D eigenvalue weighted by atomic mass is 10.1. The molecule has 0 saturated heterocycles. The van der Waals surface area contributed by atoms with Gasteiger partial charge in [0.15, 0.2) is 0 Å². The number of hydrogen-bond acceptors (Lipinski definition) is 4. The summed E-state index contributed by atoms with van der Waals surface area (Å²) in [7, 11) is -3.71. The molecule has 0 aliphatic carbocycles. The molecule has 2 aromatic rings. The largest absolute Gasteiger partial charge is 0.329 e. The predicted octanol–water partition coefficient (Wildman–Crippen LogP) is 2.55. The van der Waals surface area contributed by atoms with Crippen LogP contribution in [0.1, 0.15) is 32.6 Å². The van der Waals surface area contributed by atoms with Crippen molar-refractivity contribution in [2.45, 2.75) is 43.5 Å². The first-order valence-corrected chi connectivity index (χ1v) is 10.1. The standard InChI is InChI=1S/C18H23N3O3S/c1-2-3-6-14-13-19-10-5-12-21(14)25(23,24)17-8-4-7-16-15(17)9-11-20-18(16)22/h4,7-11,14H,2-3,5-6,12-13H2,1H3,(H,20,22). The van der Waals surface area contributed by atoms with Crippen LogP contribution in [0, 0.1) is 0 Å². The van der Waals surface area contributed by atoms with Crippen LogP contribution in [0.5, 0.6) is 0 Å². The van der Waals surface area contributed by atoms with Crippen molar-refractivity contribution in [1.82, 2.24) is 9.29 Å². The fraction of sp³-hybridized carbons (Fsp3) is 0.444. The Bertz CT molecular complexity index is 934. The number of benzene rings is 1. The van der Waals surface area contributed by atoms with Crippen molar-refractivity contribution in [3.8, 4) is 0 Å². The summed E-state index contributed by atoms with van der Waals surface area (Å²) < 4.78 is 28.4. The third kappa shape index (κ3) is 3.52. The lowest BCUT2D eigenvalue weighted by Crippen LogP contribution is -2.42. The average molecular weight is 361 g/mol. The number of aliphatic imine (C=N–C) groups is 1. The van der Waals surface area contributed by atoms with Gasteiger partial charge in [-0.05, 0) is 31.0 Å². The van der Waals surface area contributed by atoms with E-state index >= 15 is 0 Å². The van der Waals surface area contributed by atoms with Crippen LogP contribution in [-0.2, 0) is 10.0 Å². The van der Waals surface area contributed by atoms with Gasteiger partial charge in [0.1, 0.15) is 0 Å². The quantitative estimate of drug-likeness (QED) is 0.888. The molecule has 1 aromatic carbocycles. The van der Waals surface area contributed by atoms with E-state index in [1.54, 1.807) is 28.6 Å². The number of aromatic nitrogens is 1. The van der Waals surface area contributed by atoms with Crippen LogP contribution in [-0.4, -0.2) is 43.1 Å². The van der Waals surface area contributed by atoms with Gasteiger partial charge in [-0.3, -0.25) is 9.79 Å². The minimum atomic E-state index is -3.71. The molecule has 134 valence electrons. The molecule has 3 rings (SSSR count). The van der Waals surface area contributed by atoms with E-state index in [0.29, 0.717) is 30.3 Å². The molecule has 0 spiro atoms. The summed E-state index contributed by atoms with van der Waals surface area (Å²) in [5, 5.41) is 0.852. The van der Waals surface area contributed by atoms with E-state index in [0.717, 1.165) is 19.3 Å². The Labute approximate surface area is 147 Å². The highest BCUT2D eigenvalue weighted by Crippen LogP contribution is 2.27. The van der Waals surface area contributed by atoms with Gasteiger partial charge >= 0.3 is 0 Å². The van der Waals surface area contributed by atoms with Crippen molar-refractivity contribution >= 4 is 27.0 Å². The van der Waals surface area contributed by atoms with Crippen molar-refractivity contribution in [3.63, 3.8) is 0 Å². The SMILES string of the molecule is CCCCC1CN=CCCN1S(=O)(=O)c1cccc2c(=O)[nH]ccc12. The maximum absolute atomic E-state index is 13.4. The van der Waals surface area contributed by atoms with Gasteiger partial charge in [0.05, 0.1) is 11.4 Å². The minimum absolute atomic E-state index is 0.138. The van der Waals surface area contributed by atoms with E-state index in [1.807, 2.05) is 6.21 Å². The molecule has 0 saturated carbocycles. The number of hydrogen-bond donors (Lipinski definition) is 1. The van der Waals surface area contributed by atoms with Crippen LogP contribution >= 0.6 is 0 Å². The van der Waals surface area contributed by atoms with E-state index in [1.165, 1.54) is 6.20 Å². The Morgan fingerprint density at radius 1 is 1.28 bits per heavy atom. The van der Waals surface area contributed by atoms with Gasteiger partial charge in [0, 0.05) is 35.8 Å². The highest BCUT2D eigenvalue weighted by molar-refractivity contribution is 7.89. The third-order valence-electron chi connectivity index (χ3n) is 4.58. The fourth-order valence-corrected chi connectivity index (χ4v) is 5.15. The second kappa shape index (κ2) is 7.49. The van der Waals surface area contributed by atoms with Crippen molar-refractivity contribution in [3.05, 3.63) is 40.8 Å². The van der Waals surface area contributed by atoms with E-state index in [9.17, 15) is 13.2 Å². The summed E-state index contributed by atoms with van der Waals surface area (Å²) >= 11 is 0. The van der Waals surface area contributed by atoms with E-state index < -0.39 is 10.0 Å². The molecule has 6 nitrogen and oxygen atoms in total. The molecule has 7 heteroatoms. The zero-order chi connectivity index (χ0) is 17.9. The van der Waals surface area contributed by atoms with Crippen LogP contribution in [0.15, 0.2) is 45.1 Å². The van der Waals surface area contributed by atoms with Crippen LogP contribution in [0.3, 0.4) is 0 Å². The molecule has 0 amide bonds. The molecular formula is C18H23N3O3S. The van der Waals surface area contributed by atoms with Gasteiger partial charge in [0.25, 0.3) is 5.56 Å². The van der Waals surface area contributed by atoms with E-state index in [-0.39, 0.29) is 16.5 Å². The summed E-state index contributed by atoms with van der Waals surface area (Å²) in [5.41, 5.74) is -0.281. The number of nitrogens with one attached hydrogen (secondary N) is 1. The summed E-state index contributed by atoms with van der Waals surface area (Å²) in [6.45, 7) is 3.00. The summed E-state index contributed by atoms with van der Waals surface area (Å²) in [4.78, 5) is 19.2. The number of aromatic amines is 1. The normalized spacial score (nSPS) is 19.2. The van der Waals surface area contributed by atoms with Crippen LogP contribution in [0.2, 0.25) is 0 Å². The minimum Gasteiger partial charge on any atom is -0.329 e. The molecule has 0 bridgehead atoms. The first-order chi connectivity index (χ1) is 12.1. The van der Waals surface area contributed by atoms with Crippen LogP contribution in [0.4, 0.5) is 0 Å². The first kappa shape index (κ1) is 17.8. The van der Waals surface area contributed by atoms with Crippen molar-refractivity contribution < 1.29 is 8.42 Å². The number of fused-ring (bicyclic) bond motifs is 1. The Kier molecular flexibility index (Phi) is 5.34. The number of pyridine rings is 1. The molecule has 1 aliphatic heterocycles. The van der Waals surface area contributed by atoms with Gasteiger partial charge in [-0.2, -0.15) is 4.31 Å². The molecule has 1 atom stereocenters. The number of sulfonamides is 1. The molecule has 1 N–H and O–H groups in total. The summed E-state index contributed by atoms with van der Waals surface area (Å²) in [6, 6.07) is 6.37. The second-order valence-electron chi connectivity index (χ2n) is 6.27. The van der Waals surface area contributed by atoms with Gasteiger partial charge < -0.3 is 4.98 Å². The third-order valence-corrected chi connectivity index (χ3v) is 6.59. The Hall–Kier alpha value is -1.99. The molecule has 1 aliphatic rings. The summed E-state index contributed by atoms with van der Waals surface area (Å²) in [6.07, 6.45) is 6.66. The topological polar surface area (TPSA) is 82.6 Å². The molecule has 2 heterocycles. The Balaban J connectivity index is 2.08. The highest BCUT2D eigenvalue weighted by Gasteiger charge is 2.32. The van der Waals surface area contributed by atoms with Gasteiger partial charge in [0.2, 0.25) is 10.0 Å². The van der Waals surface area contributed by atoms with E-state index in [4.69, 9.17) is 0 Å². The average Bonchev–Trinajstić information content (AvgIpc) is 2.86. The number of rotatable bonds is 5. The molecule has 1 aromatic heterocycles. The smallest absolute Gasteiger partial charge is 0.255 e. The van der Waals surface area contributed by atoms with Crippen molar-refractivity contribution in [2.24, 2.45) is 4.99 Å². The Morgan fingerprint density at radius 3 is 2.92 bits per heavy atom. The van der Waals surface area contributed by atoms with Gasteiger partial charge in [-0.15, -0.1) is 0 Å². The lowest BCUT2D eigenvalue weighted by molar-refractivity contribution is 0.316. The monoisotopic (exact) mass is 361 g/mol. The Morgan fingerprint density at radius 2 is 2.12 bits per heavy atom. The zero-order valence-corrected chi connectivity index (χ0v) is 15.1. The van der Waals surface area contributed by atoms with Crippen molar-refractivity contribution in [2.75, 3.05) is 13.1 Å². The maximum Gasteiger partial charge on any atom is 0.255 e. The van der Waals surface area contributed by atoms with Crippen LogP contribution in [0.25, 0.3) is 10.8 Å². The molecule has 1 unspecified atom stereocenters. The molecule has 0 fully saturated rings. The number of unbranched alkanes of at least 4 members (excludes halogenated alkanes) is 1. The first-order valence-electron chi connectivity index (χ1n) is 8.66. The zero-order valence-electron chi connectivity index (χ0n) is 14.3. The van der Waals surface area contributed by atoms with E-state index in [2.05, 4.69) is 16.9 Å². The second-order valence-corrected chi connectivity index (χ2v) is 8.13. The molecule has 25 heavy (non-hydrogen) atoms. The fourth-order valence-electron chi connectivity index (χ4n) is 3.28. The summed E-state index contributed by atoms with van der Waals surface area (Å²) in [5.74, 6) is 0. The highest BCUT2D eigenvalue weighted by atomic mass is 32.2. The predicted molar refractivity (Wildman–Crippen MR) is 99.7 cm³/mol. The number of H-pyrrole nitrogens is 1. The molecular weight excluding hydrogens is 338 g/mol. The van der Waals surface area contributed by atoms with Gasteiger partial charge in [-0.1, -0.05) is 25.8 Å². The van der Waals surface area contributed by atoms with Gasteiger partial charge in [-0.25, -0.2) is 8.42 Å². The molecule has 0 radical (unpaired) electrons. The van der Waals surface area contributed by atoms with Crippen molar-refractivity contribution in [1.29, 1.82) is 0 Å². The lowest BCUT2D eigenvalue weighted by Gasteiger charge is -2.29. The maximum atomic E-state index is 13.4. The van der Waals surface area contributed by atoms with Crippen LogP contribution < -0.4 is 5.56 Å².